The quantitative estimate of drug-likeness (QED) is 0.719. The maximum atomic E-state index is 5.66. The third-order valence-corrected chi connectivity index (χ3v) is 3.24. The third kappa shape index (κ3) is 2.94. The molecule has 14 heavy (non-hydrogen) atoms. The Kier molecular flexibility index (Phi) is 4.85. The van der Waals surface area contributed by atoms with Crippen molar-refractivity contribution < 1.29 is 4.74 Å². The van der Waals surface area contributed by atoms with Crippen LogP contribution in [0.2, 0.25) is 0 Å². The summed E-state index contributed by atoms with van der Waals surface area (Å²) in [5.74, 6) is 0. The van der Waals surface area contributed by atoms with E-state index in [2.05, 4.69) is 17.1 Å². The zero-order chi connectivity index (χ0) is 10.4. The van der Waals surface area contributed by atoms with Crippen molar-refractivity contribution in [1.82, 2.24) is 10.2 Å². The molecule has 1 fully saturated rings. The summed E-state index contributed by atoms with van der Waals surface area (Å²) in [6.45, 7) is 6.82. The summed E-state index contributed by atoms with van der Waals surface area (Å²) >= 11 is 0. The largest absolute Gasteiger partial charge is 0.377 e. The Balaban J connectivity index is 2.38. The monoisotopic (exact) mass is 200 g/mol. The summed E-state index contributed by atoms with van der Waals surface area (Å²) in [5, 5.41) is 3.23. The fourth-order valence-corrected chi connectivity index (χ4v) is 2.28. The molecule has 0 bridgehead atoms. The predicted molar refractivity (Wildman–Crippen MR) is 59.6 cm³/mol. The highest BCUT2D eigenvalue weighted by Crippen LogP contribution is 2.24. The van der Waals surface area contributed by atoms with Crippen LogP contribution in [0.5, 0.6) is 0 Å². The minimum absolute atomic E-state index is 0.0962. The molecule has 0 radical (unpaired) electrons. The van der Waals surface area contributed by atoms with Crippen LogP contribution in [0.25, 0.3) is 0 Å². The predicted octanol–water partition coefficient (Wildman–Crippen LogP) is 1.10. The molecule has 0 aromatic heterocycles. The lowest BCUT2D eigenvalue weighted by atomic mass is 9.91. The van der Waals surface area contributed by atoms with E-state index in [1.165, 1.54) is 26.1 Å². The molecular weight excluding hydrogens is 176 g/mol. The molecule has 0 unspecified atom stereocenters. The average Bonchev–Trinajstić information content (AvgIpc) is 2.22. The number of piperidine rings is 1. The Bertz CT molecular complexity index is 153. The van der Waals surface area contributed by atoms with Gasteiger partial charge in [0.05, 0.1) is 5.60 Å². The molecule has 1 N–H and O–H groups in total. The van der Waals surface area contributed by atoms with Crippen molar-refractivity contribution in [2.24, 2.45) is 0 Å². The van der Waals surface area contributed by atoms with Crippen LogP contribution in [0.15, 0.2) is 0 Å². The van der Waals surface area contributed by atoms with Crippen LogP contribution in [-0.2, 0) is 4.74 Å². The van der Waals surface area contributed by atoms with Gasteiger partial charge in [-0.05, 0) is 32.9 Å². The summed E-state index contributed by atoms with van der Waals surface area (Å²) in [7, 11) is 3.84. The zero-order valence-electron chi connectivity index (χ0n) is 9.81. The molecule has 1 rings (SSSR count). The molecular formula is C11H24N2O. The van der Waals surface area contributed by atoms with Gasteiger partial charge in [0.1, 0.15) is 0 Å². The van der Waals surface area contributed by atoms with E-state index in [0.29, 0.717) is 0 Å². The van der Waals surface area contributed by atoms with Gasteiger partial charge in [0.15, 0.2) is 0 Å². The van der Waals surface area contributed by atoms with Crippen molar-refractivity contribution in [2.75, 3.05) is 40.3 Å². The number of ether oxygens (including phenoxy) is 1. The van der Waals surface area contributed by atoms with Crippen molar-refractivity contribution in [2.45, 2.75) is 31.8 Å². The van der Waals surface area contributed by atoms with Gasteiger partial charge in [0, 0.05) is 26.7 Å². The second kappa shape index (κ2) is 5.69. The highest BCUT2D eigenvalue weighted by molar-refractivity contribution is 4.88. The number of hydrogen-bond acceptors (Lipinski definition) is 3. The van der Waals surface area contributed by atoms with Crippen LogP contribution in [0.1, 0.15) is 26.2 Å². The van der Waals surface area contributed by atoms with E-state index in [4.69, 9.17) is 4.74 Å². The molecule has 3 nitrogen and oxygen atoms in total. The summed E-state index contributed by atoms with van der Waals surface area (Å²) in [6, 6.07) is 0. The van der Waals surface area contributed by atoms with Crippen molar-refractivity contribution in [3.8, 4) is 0 Å². The van der Waals surface area contributed by atoms with E-state index < -0.39 is 0 Å². The van der Waals surface area contributed by atoms with E-state index in [0.717, 1.165) is 19.4 Å². The third-order valence-electron chi connectivity index (χ3n) is 3.24. The van der Waals surface area contributed by atoms with Gasteiger partial charge >= 0.3 is 0 Å². The van der Waals surface area contributed by atoms with E-state index in [1.807, 2.05) is 14.2 Å². The van der Waals surface area contributed by atoms with Gasteiger partial charge in [-0.25, -0.2) is 0 Å². The first-order chi connectivity index (χ1) is 6.76. The first-order valence-corrected chi connectivity index (χ1v) is 5.68. The van der Waals surface area contributed by atoms with Crippen LogP contribution in [0.3, 0.4) is 0 Å². The fraction of sp³-hybridized carbons (Fsp3) is 1.00. The molecule has 0 amide bonds. The Morgan fingerprint density at radius 2 is 2.00 bits per heavy atom. The molecule has 0 atom stereocenters. The zero-order valence-corrected chi connectivity index (χ0v) is 9.81. The van der Waals surface area contributed by atoms with E-state index in [1.54, 1.807) is 0 Å². The standard InChI is InChI=1S/C11H24N2O/c1-4-7-13-8-5-11(14-3,6-9-13)10-12-2/h12H,4-10H2,1-3H3. The molecule has 1 heterocycles. The number of hydrogen-bond donors (Lipinski definition) is 1. The Hall–Kier alpha value is -0.120. The van der Waals surface area contributed by atoms with E-state index >= 15 is 0 Å². The van der Waals surface area contributed by atoms with Gasteiger partial charge in [-0.3, -0.25) is 0 Å². The van der Waals surface area contributed by atoms with Crippen molar-refractivity contribution >= 4 is 0 Å². The number of likely N-dealkylation sites (tertiary alicyclic amines) is 1. The molecule has 1 saturated heterocycles. The smallest absolute Gasteiger partial charge is 0.0826 e. The first-order valence-electron chi connectivity index (χ1n) is 5.68. The number of rotatable bonds is 5. The van der Waals surface area contributed by atoms with Crippen LogP contribution >= 0.6 is 0 Å². The number of nitrogens with one attached hydrogen (secondary N) is 1. The van der Waals surface area contributed by atoms with Crippen molar-refractivity contribution in [3.05, 3.63) is 0 Å². The van der Waals surface area contributed by atoms with Gasteiger partial charge in [-0.1, -0.05) is 6.92 Å². The van der Waals surface area contributed by atoms with Gasteiger partial charge < -0.3 is 15.0 Å². The lowest BCUT2D eigenvalue weighted by molar-refractivity contribution is -0.0541. The first kappa shape index (κ1) is 12.0. The van der Waals surface area contributed by atoms with E-state index in [-0.39, 0.29) is 5.60 Å². The minimum atomic E-state index is 0.0962. The lowest BCUT2D eigenvalue weighted by Gasteiger charge is -2.40. The second-order valence-electron chi connectivity index (χ2n) is 4.26. The molecule has 0 spiro atoms. The highest BCUT2D eigenvalue weighted by Gasteiger charge is 2.33. The summed E-state index contributed by atoms with van der Waals surface area (Å²) in [6.07, 6.45) is 3.57. The van der Waals surface area contributed by atoms with Crippen LogP contribution in [-0.4, -0.2) is 50.8 Å². The number of nitrogens with zero attached hydrogens (tertiary/aromatic N) is 1. The van der Waals surface area contributed by atoms with E-state index in [9.17, 15) is 0 Å². The maximum absolute atomic E-state index is 5.66. The molecule has 0 saturated carbocycles. The topological polar surface area (TPSA) is 24.5 Å². The molecule has 0 aliphatic carbocycles. The summed E-state index contributed by atoms with van der Waals surface area (Å²) < 4.78 is 5.66. The van der Waals surface area contributed by atoms with Crippen molar-refractivity contribution in [3.63, 3.8) is 0 Å². The van der Waals surface area contributed by atoms with Gasteiger partial charge in [-0.2, -0.15) is 0 Å². The molecule has 84 valence electrons. The van der Waals surface area contributed by atoms with Crippen LogP contribution < -0.4 is 5.32 Å². The normalized spacial score (nSPS) is 22.5. The van der Waals surface area contributed by atoms with Gasteiger partial charge in [0.25, 0.3) is 0 Å². The highest BCUT2D eigenvalue weighted by atomic mass is 16.5. The maximum Gasteiger partial charge on any atom is 0.0826 e. The SMILES string of the molecule is CCCN1CCC(CNC)(OC)CC1. The molecule has 1 aliphatic heterocycles. The number of methoxy groups -OCH3 is 1. The van der Waals surface area contributed by atoms with Crippen LogP contribution in [0, 0.1) is 0 Å². The summed E-state index contributed by atoms with van der Waals surface area (Å²) in [4.78, 5) is 2.53. The fourth-order valence-electron chi connectivity index (χ4n) is 2.28. The second-order valence-corrected chi connectivity index (χ2v) is 4.26. The van der Waals surface area contributed by atoms with Gasteiger partial charge in [-0.15, -0.1) is 0 Å². The molecule has 0 aromatic rings. The van der Waals surface area contributed by atoms with Crippen molar-refractivity contribution in [1.29, 1.82) is 0 Å². The van der Waals surface area contributed by atoms with Gasteiger partial charge in [0.2, 0.25) is 0 Å². The van der Waals surface area contributed by atoms with Crippen LogP contribution in [0.4, 0.5) is 0 Å². The number of likely N-dealkylation sites (N-methyl/N-ethyl adjacent to an activating group) is 1. The minimum Gasteiger partial charge on any atom is -0.377 e. The Labute approximate surface area is 87.8 Å². The molecule has 1 aliphatic rings. The molecule has 3 heteroatoms. The Morgan fingerprint density at radius 1 is 1.36 bits per heavy atom. The lowest BCUT2D eigenvalue weighted by Crippen LogP contribution is -2.50. The summed E-state index contributed by atoms with van der Waals surface area (Å²) in [5.41, 5.74) is 0.0962. The molecule has 0 aromatic carbocycles. The Morgan fingerprint density at radius 3 is 2.43 bits per heavy atom. The average molecular weight is 200 g/mol.